The zero-order valence-corrected chi connectivity index (χ0v) is 47.3. The van der Waals surface area contributed by atoms with Gasteiger partial charge in [0.05, 0.1) is 5.69 Å². The Kier molecular flexibility index (Phi) is 9.79. The Balaban J connectivity index is 1.25. The average Bonchev–Trinajstić information content (AvgIpc) is 3.68. The van der Waals surface area contributed by atoms with Crippen LogP contribution in [0.5, 0.6) is 0 Å². The van der Waals surface area contributed by atoms with Gasteiger partial charge in [-0.15, -0.1) is 0 Å². The molecule has 12 rings (SSSR count). The molecule has 0 fully saturated rings. The van der Waals surface area contributed by atoms with Gasteiger partial charge in [-0.1, -0.05) is 167 Å². The van der Waals surface area contributed by atoms with E-state index < -0.39 is 0 Å². The summed E-state index contributed by atoms with van der Waals surface area (Å²) in [6.45, 7) is 44.0. The lowest BCUT2D eigenvalue weighted by Crippen LogP contribution is -2.62. The molecule has 0 saturated heterocycles. The number of rotatable bonds is 2. The Morgan fingerprint density at radius 2 is 0.861 bits per heavy atom. The maximum Gasteiger partial charge on any atom is 0.252 e. The topological polar surface area (TPSA) is 19.6 Å². The van der Waals surface area contributed by atoms with Gasteiger partial charge in [-0.2, -0.15) is 0 Å². The monoisotopic (exact) mass is 953 g/mol. The standard InChI is InChI=1S/C68H81BN2O/c1-61(2,3)40-22-24-43-44-20-19-21-53(60(44)72-58(43)34-40)71-55-39-50-48(66(13,14)29-31-68(50,17)18)37-52(55)69-51-36-47-49(67(15,16)30-28-65(47,11)12)38-54(51)70(56-32-41(62(4,5)6)33-57(71)59(56)69)42-23-25-45-46(35-42)64(9,10)27-26-63(45,7)8/h19-25,32-39H,26-31H2,1-18H3. The molecular formula is C68H81BN2O. The second-order valence-electron chi connectivity index (χ2n) is 29.4. The van der Waals surface area contributed by atoms with Crippen LogP contribution in [0, 0.1) is 0 Å². The molecule has 3 heterocycles. The normalized spacial score (nSPS) is 20.6. The number of para-hydroxylation sites is 1. The largest absolute Gasteiger partial charge is 0.454 e. The van der Waals surface area contributed by atoms with E-state index >= 15 is 0 Å². The van der Waals surface area contributed by atoms with E-state index in [0.717, 1.165) is 28.7 Å². The van der Waals surface area contributed by atoms with Gasteiger partial charge in [-0.05, 0) is 191 Å². The van der Waals surface area contributed by atoms with Crippen LogP contribution in [0.1, 0.15) is 208 Å². The molecule has 0 N–H and O–H groups in total. The van der Waals surface area contributed by atoms with Gasteiger partial charge in [0.2, 0.25) is 0 Å². The number of fused-ring (bicyclic) bond motifs is 10. The van der Waals surface area contributed by atoms with Crippen LogP contribution >= 0.6 is 0 Å². The van der Waals surface area contributed by atoms with Gasteiger partial charge >= 0.3 is 0 Å². The van der Waals surface area contributed by atoms with Gasteiger partial charge in [-0.3, -0.25) is 0 Å². The Morgan fingerprint density at radius 1 is 0.403 bits per heavy atom. The molecule has 7 aromatic rings. The Hall–Kier alpha value is -5.22. The van der Waals surface area contributed by atoms with Crippen LogP contribution in [0.25, 0.3) is 21.9 Å². The minimum atomic E-state index is -0.140. The van der Waals surface area contributed by atoms with Gasteiger partial charge < -0.3 is 14.2 Å². The van der Waals surface area contributed by atoms with Crippen molar-refractivity contribution in [3.63, 3.8) is 0 Å². The van der Waals surface area contributed by atoms with E-state index in [2.05, 4.69) is 225 Å². The summed E-state index contributed by atoms with van der Waals surface area (Å²) < 4.78 is 7.27. The van der Waals surface area contributed by atoms with Crippen molar-refractivity contribution in [2.24, 2.45) is 0 Å². The van der Waals surface area contributed by atoms with E-state index in [9.17, 15) is 0 Å². The number of furan rings is 1. The molecule has 4 heteroatoms. The first kappa shape index (κ1) is 47.8. The van der Waals surface area contributed by atoms with Crippen LogP contribution in [0.4, 0.5) is 34.1 Å². The number of hydrogen-bond acceptors (Lipinski definition) is 3. The molecule has 372 valence electrons. The lowest BCUT2D eigenvalue weighted by Gasteiger charge is -2.49. The van der Waals surface area contributed by atoms with Crippen LogP contribution in [-0.4, -0.2) is 6.71 Å². The first-order valence-electron chi connectivity index (χ1n) is 27.7. The fraction of sp³-hybridized carbons (Fsp3) is 0.471. The number of hydrogen-bond donors (Lipinski definition) is 0. The van der Waals surface area contributed by atoms with E-state index in [1.807, 2.05) is 0 Å². The molecule has 5 aliphatic rings. The van der Waals surface area contributed by atoms with E-state index in [1.165, 1.54) is 127 Å². The first-order chi connectivity index (χ1) is 33.4. The number of nitrogens with zero attached hydrogens (tertiary/aromatic N) is 2. The van der Waals surface area contributed by atoms with Crippen molar-refractivity contribution in [2.75, 3.05) is 9.80 Å². The molecule has 0 spiro atoms. The second kappa shape index (κ2) is 14.8. The Morgan fingerprint density at radius 3 is 1.38 bits per heavy atom. The molecule has 3 nitrogen and oxygen atoms in total. The fourth-order valence-corrected chi connectivity index (χ4v) is 14.2. The van der Waals surface area contributed by atoms with Gasteiger partial charge in [0.25, 0.3) is 6.71 Å². The molecule has 6 aromatic carbocycles. The molecule has 0 amide bonds. The van der Waals surface area contributed by atoms with Crippen LogP contribution in [0.15, 0.2) is 95.4 Å². The summed E-state index contributed by atoms with van der Waals surface area (Å²) >= 11 is 0. The van der Waals surface area contributed by atoms with Crippen molar-refractivity contribution in [1.82, 2.24) is 0 Å². The molecule has 0 atom stereocenters. The van der Waals surface area contributed by atoms with Gasteiger partial charge in [0.1, 0.15) is 5.58 Å². The summed E-state index contributed by atoms with van der Waals surface area (Å²) in [7, 11) is 0. The summed E-state index contributed by atoms with van der Waals surface area (Å²) in [5, 5.41) is 2.33. The zero-order chi connectivity index (χ0) is 51.4. The maximum absolute atomic E-state index is 7.27. The first-order valence-corrected chi connectivity index (χ1v) is 27.7. The van der Waals surface area contributed by atoms with Crippen molar-refractivity contribution < 1.29 is 4.42 Å². The highest BCUT2D eigenvalue weighted by Crippen LogP contribution is 2.55. The van der Waals surface area contributed by atoms with Crippen LogP contribution < -0.4 is 26.2 Å². The fourth-order valence-electron chi connectivity index (χ4n) is 14.2. The smallest absolute Gasteiger partial charge is 0.252 e. The highest BCUT2D eigenvalue weighted by atomic mass is 16.3. The van der Waals surface area contributed by atoms with Crippen molar-refractivity contribution >= 4 is 79.2 Å². The molecule has 0 radical (unpaired) electrons. The number of benzene rings is 6. The molecular weight excluding hydrogens is 872 g/mol. The third-order valence-electron chi connectivity index (χ3n) is 19.6. The molecule has 0 unspecified atom stereocenters. The van der Waals surface area contributed by atoms with Gasteiger partial charge in [0.15, 0.2) is 5.58 Å². The zero-order valence-electron chi connectivity index (χ0n) is 47.3. The summed E-state index contributed by atoms with van der Waals surface area (Å²) in [5.74, 6) is 0. The molecule has 72 heavy (non-hydrogen) atoms. The van der Waals surface area contributed by atoms with Crippen LogP contribution in [-0.2, 0) is 43.3 Å². The molecule has 3 aliphatic carbocycles. The second-order valence-corrected chi connectivity index (χ2v) is 29.4. The van der Waals surface area contributed by atoms with Crippen molar-refractivity contribution in [3.05, 3.63) is 136 Å². The molecule has 1 aromatic heterocycles. The third-order valence-corrected chi connectivity index (χ3v) is 19.6. The van der Waals surface area contributed by atoms with E-state index in [1.54, 1.807) is 0 Å². The Bertz CT molecular complexity index is 3460. The Labute approximate surface area is 433 Å². The van der Waals surface area contributed by atoms with Crippen molar-refractivity contribution in [1.29, 1.82) is 0 Å². The minimum absolute atomic E-state index is 0.000657. The van der Waals surface area contributed by atoms with E-state index in [-0.39, 0.29) is 50.0 Å². The average molecular weight is 953 g/mol. The summed E-state index contributed by atoms with van der Waals surface area (Å²) in [6.07, 6.45) is 7.04. The number of anilines is 6. The quantitative estimate of drug-likeness (QED) is 0.161. The third kappa shape index (κ3) is 6.88. The van der Waals surface area contributed by atoms with Crippen molar-refractivity contribution in [3.8, 4) is 0 Å². The highest BCUT2D eigenvalue weighted by Gasteiger charge is 2.50. The van der Waals surface area contributed by atoms with E-state index in [4.69, 9.17) is 4.42 Å². The molecule has 0 saturated carbocycles. The van der Waals surface area contributed by atoms with Crippen molar-refractivity contribution in [2.45, 2.75) is 206 Å². The summed E-state index contributed by atoms with van der Waals surface area (Å²) in [5.41, 5.74) is 25.5. The van der Waals surface area contributed by atoms with Gasteiger partial charge in [-0.25, -0.2) is 0 Å². The summed E-state index contributed by atoms with van der Waals surface area (Å²) in [6, 6.07) is 37.3. The SMILES string of the molecule is CC(C)(C)c1cc2c3c(c1)N(c1cccc4c1oc1cc(C(C)(C)C)ccc14)c1cc4c(cc1B3c1cc3c(cc1N2c1ccc2c(c1)C(C)(C)CCC2(C)C)C(C)(C)CCC3(C)C)C(C)(C)CCC4(C)C. The highest BCUT2D eigenvalue weighted by molar-refractivity contribution is 7.00. The predicted octanol–water partition coefficient (Wildman–Crippen LogP) is 17.3. The lowest BCUT2D eigenvalue weighted by molar-refractivity contribution is 0.332. The maximum atomic E-state index is 7.27. The minimum Gasteiger partial charge on any atom is -0.454 e. The lowest BCUT2D eigenvalue weighted by atomic mass is 9.32. The predicted molar refractivity (Wildman–Crippen MR) is 311 cm³/mol. The van der Waals surface area contributed by atoms with Crippen LogP contribution in [0.3, 0.4) is 0 Å². The van der Waals surface area contributed by atoms with Gasteiger partial charge in [0, 0.05) is 39.2 Å². The molecule has 2 aliphatic heterocycles. The summed E-state index contributed by atoms with van der Waals surface area (Å²) in [4.78, 5) is 5.40. The molecule has 0 bridgehead atoms. The van der Waals surface area contributed by atoms with Crippen LogP contribution in [0.2, 0.25) is 0 Å². The van der Waals surface area contributed by atoms with E-state index in [0.29, 0.717) is 0 Å².